The number of carbonyl (C=O) groups is 1. The molecular formula is C19H32N4O3S. The molecule has 1 aromatic carbocycles. The number of amides is 1. The highest BCUT2D eigenvalue weighted by atomic mass is 32.2. The smallest absolute Gasteiger partial charge is 0.225 e. The highest BCUT2D eigenvalue weighted by Crippen LogP contribution is 2.19. The molecule has 8 heteroatoms. The Morgan fingerprint density at radius 1 is 1.19 bits per heavy atom. The van der Waals surface area contributed by atoms with Crippen LogP contribution >= 0.6 is 0 Å². The molecule has 0 radical (unpaired) electrons. The van der Waals surface area contributed by atoms with E-state index < -0.39 is 10.0 Å². The number of carbonyl (C=O) groups excluding carboxylic acids is 1. The molecule has 1 heterocycles. The largest absolute Gasteiger partial charge is 0.369 e. The fourth-order valence-corrected chi connectivity index (χ4v) is 4.40. The molecule has 27 heavy (non-hydrogen) atoms. The minimum Gasteiger partial charge on any atom is -0.369 e. The third-order valence-corrected chi connectivity index (χ3v) is 6.48. The molecule has 1 amide bonds. The van der Waals surface area contributed by atoms with Crippen LogP contribution in [0.3, 0.4) is 0 Å². The van der Waals surface area contributed by atoms with E-state index in [1.54, 1.807) is 0 Å². The summed E-state index contributed by atoms with van der Waals surface area (Å²) in [4.78, 5) is 16.9. The molecule has 1 aliphatic heterocycles. The standard InChI is InChI=1S/C19H32N4O3S/c1-5-16(2)23(27(4,25)26)11-10-19(24)20-17-6-8-18(9-7-17)22-14-12-21(3)13-15-22/h6-9,16H,5,10-15H2,1-4H3,(H,20,24). The molecule has 0 saturated carbocycles. The quantitative estimate of drug-likeness (QED) is 0.726. The van der Waals surface area contributed by atoms with Gasteiger partial charge in [0, 0.05) is 56.6 Å². The molecule has 1 saturated heterocycles. The van der Waals surface area contributed by atoms with Gasteiger partial charge in [-0.25, -0.2) is 8.42 Å². The van der Waals surface area contributed by atoms with E-state index in [1.807, 2.05) is 38.1 Å². The summed E-state index contributed by atoms with van der Waals surface area (Å²) in [6.07, 6.45) is 2.04. The predicted octanol–water partition coefficient (Wildman–Crippen LogP) is 1.83. The van der Waals surface area contributed by atoms with Crippen molar-refractivity contribution in [2.45, 2.75) is 32.7 Å². The minimum atomic E-state index is -3.32. The zero-order valence-corrected chi connectivity index (χ0v) is 17.6. The highest BCUT2D eigenvalue weighted by Gasteiger charge is 2.22. The molecule has 1 unspecified atom stereocenters. The summed E-state index contributed by atoms with van der Waals surface area (Å²) in [5.41, 5.74) is 1.88. The van der Waals surface area contributed by atoms with Gasteiger partial charge in [0.05, 0.1) is 6.26 Å². The van der Waals surface area contributed by atoms with Gasteiger partial charge in [-0.15, -0.1) is 0 Å². The van der Waals surface area contributed by atoms with Crippen LogP contribution in [0.25, 0.3) is 0 Å². The molecule has 1 aliphatic rings. The van der Waals surface area contributed by atoms with Crippen LogP contribution in [0.5, 0.6) is 0 Å². The first-order valence-corrected chi connectivity index (χ1v) is 11.4. The lowest BCUT2D eigenvalue weighted by Crippen LogP contribution is -2.44. The van der Waals surface area contributed by atoms with E-state index in [2.05, 4.69) is 22.2 Å². The second-order valence-electron chi connectivity index (χ2n) is 7.27. The van der Waals surface area contributed by atoms with Crippen molar-refractivity contribution in [3.63, 3.8) is 0 Å². The second kappa shape index (κ2) is 9.52. The van der Waals surface area contributed by atoms with Gasteiger partial charge in [-0.2, -0.15) is 4.31 Å². The number of anilines is 2. The number of hydrogen-bond acceptors (Lipinski definition) is 5. The van der Waals surface area contributed by atoms with Crippen LogP contribution in [-0.2, 0) is 14.8 Å². The Morgan fingerprint density at radius 3 is 2.30 bits per heavy atom. The van der Waals surface area contributed by atoms with Gasteiger partial charge in [-0.3, -0.25) is 4.79 Å². The Hall–Kier alpha value is -1.64. The number of nitrogens with one attached hydrogen (secondary N) is 1. The van der Waals surface area contributed by atoms with Crippen molar-refractivity contribution in [2.75, 3.05) is 56.2 Å². The van der Waals surface area contributed by atoms with E-state index in [4.69, 9.17) is 0 Å². The highest BCUT2D eigenvalue weighted by molar-refractivity contribution is 7.88. The van der Waals surface area contributed by atoms with Gasteiger partial charge < -0.3 is 15.1 Å². The topological polar surface area (TPSA) is 73.0 Å². The number of sulfonamides is 1. The number of piperazine rings is 1. The molecule has 0 bridgehead atoms. The number of likely N-dealkylation sites (N-methyl/N-ethyl adjacent to an activating group) is 1. The fourth-order valence-electron chi connectivity index (χ4n) is 3.17. The summed E-state index contributed by atoms with van der Waals surface area (Å²) in [5.74, 6) is -0.181. The van der Waals surface area contributed by atoms with Crippen LogP contribution in [0.4, 0.5) is 11.4 Å². The fraction of sp³-hybridized carbons (Fsp3) is 0.632. The first kappa shape index (κ1) is 21.7. The van der Waals surface area contributed by atoms with Crippen LogP contribution in [0, 0.1) is 0 Å². The lowest BCUT2D eigenvalue weighted by Gasteiger charge is -2.34. The van der Waals surface area contributed by atoms with E-state index in [9.17, 15) is 13.2 Å². The van der Waals surface area contributed by atoms with E-state index in [1.165, 1.54) is 10.6 Å². The van der Waals surface area contributed by atoms with E-state index in [0.717, 1.165) is 37.6 Å². The molecule has 1 N–H and O–H groups in total. The maximum atomic E-state index is 12.2. The Balaban J connectivity index is 1.88. The summed E-state index contributed by atoms with van der Waals surface area (Å²) in [5, 5.41) is 2.86. The maximum Gasteiger partial charge on any atom is 0.225 e. The molecule has 1 aromatic rings. The van der Waals surface area contributed by atoms with Gasteiger partial charge in [0.1, 0.15) is 0 Å². The number of hydrogen-bond donors (Lipinski definition) is 1. The van der Waals surface area contributed by atoms with Crippen molar-refractivity contribution in [3.05, 3.63) is 24.3 Å². The predicted molar refractivity (Wildman–Crippen MR) is 111 cm³/mol. The van der Waals surface area contributed by atoms with E-state index in [0.29, 0.717) is 6.42 Å². The van der Waals surface area contributed by atoms with Crippen LogP contribution in [-0.4, -0.2) is 75.6 Å². The first-order chi connectivity index (χ1) is 12.7. The van der Waals surface area contributed by atoms with E-state index in [-0.39, 0.29) is 24.9 Å². The van der Waals surface area contributed by atoms with Gasteiger partial charge in [-0.1, -0.05) is 6.92 Å². The van der Waals surface area contributed by atoms with Crippen molar-refractivity contribution in [1.82, 2.24) is 9.21 Å². The Morgan fingerprint density at radius 2 is 1.78 bits per heavy atom. The molecule has 7 nitrogen and oxygen atoms in total. The average molecular weight is 397 g/mol. The normalized spacial score (nSPS) is 17.1. The Bertz CT molecular complexity index is 713. The Kier molecular flexibility index (Phi) is 7.64. The zero-order valence-electron chi connectivity index (χ0n) is 16.8. The third-order valence-electron chi connectivity index (χ3n) is 5.09. The monoisotopic (exact) mass is 396 g/mol. The summed E-state index contributed by atoms with van der Waals surface area (Å²) >= 11 is 0. The van der Waals surface area contributed by atoms with Crippen molar-refractivity contribution in [2.24, 2.45) is 0 Å². The molecule has 0 aliphatic carbocycles. The molecule has 152 valence electrons. The minimum absolute atomic E-state index is 0.115. The first-order valence-electron chi connectivity index (χ1n) is 9.51. The van der Waals surface area contributed by atoms with Crippen molar-refractivity contribution in [1.29, 1.82) is 0 Å². The molecular weight excluding hydrogens is 364 g/mol. The van der Waals surface area contributed by atoms with Crippen molar-refractivity contribution in [3.8, 4) is 0 Å². The van der Waals surface area contributed by atoms with Crippen LogP contribution in [0.15, 0.2) is 24.3 Å². The van der Waals surface area contributed by atoms with E-state index >= 15 is 0 Å². The third kappa shape index (κ3) is 6.48. The average Bonchev–Trinajstić information content (AvgIpc) is 2.62. The van der Waals surface area contributed by atoms with Gasteiger partial charge in [0.25, 0.3) is 0 Å². The number of benzene rings is 1. The van der Waals surface area contributed by atoms with Gasteiger partial charge in [0.2, 0.25) is 15.9 Å². The van der Waals surface area contributed by atoms with Crippen molar-refractivity contribution < 1.29 is 13.2 Å². The molecule has 2 rings (SSSR count). The summed E-state index contributed by atoms with van der Waals surface area (Å²) < 4.78 is 25.2. The number of rotatable bonds is 8. The molecule has 0 spiro atoms. The number of nitrogens with zero attached hydrogens (tertiary/aromatic N) is 3. The summed E-state index contributed by atoms with van der Waals surface area (Å²) in [7, 11) is -1.20. The van der Waals surface area contributed by atoms with Gasteiger partial charge >= 0.3 is 0 Å². The van der Waals surface area contributed by atoms with Gasteiger partial charge in [0.15, 0.2) is 0 Å². The van der Waals surface area contributed by atoms with Crippen LogP contribution in [0.2, 0.25) is 0 Å². The SMILES string of the molecule is CCC(C)N(CCC(=O)Nc1ccc(N2CCN(C)CC2)cc1)S(C)(=O)=O. The molecule has 1 fully saturated rings. The Labute approximate surface area is 163 Å². The zero-order chi connectivity index (χ0) is 20.0. The van der Waals surface area contributed by atoms with Crippen molar-refractivity contribution >= 4 is 27.3 Å². The lowest BCUT2D eigenvalue weighted by atomic mass is 10.2. The molecule has 0 aromatic heterocycles. The van der Waals surface area contributed by atoms with Crippen LogP contribution in [0.1, 0.15) is 26.7 Å². The molecule has 1 atom stereocenters. The maximum absolute atomic E-state index is 12.2. The van der Waals surface area contributed by atoms with Gasteiger partial charge in [-0.05, 0) is 44.7 Å². The lowest BCUT2D eigenvalue weighted by molar-refractivity contribution is -0.116. The summed E-state index contributed by atoms with van der Waals surface area (Å²) in [6, 6.07) is 7.71. The summed E-state index contributed by atoms with van der Waals surface area (Å²) in [6.45, 7) is 8.08. The van der Waals surface area contributed by atoms with Crippen LogP contribution < -0.4 is 10.2 Å². The second-order valence-corrected chi connectivity index (χ2v) is 9.20.